The van der Waals surface area contributed by atoms with E-state index in [9.17, 15) is 5.11 Å². The molecular weight excluding hydrogens is 474 g/mol. The summed E-state index contributed by atoms with van der Waals surface area (Å²) in [6, 6.07) is 14.2. The first kappa shape index (κ1) is 23.3. The van der Waals surface area contributed by atoms with Crippen LogP contribution in [0.4, 0.5) is 17.2 Å². The molecule has 4 aliphatic rings. The zero-order valence-electron chi connectivity index (χ0n) is 21.5. The maximum absolute atomic E-state index is 10.3. The molecule has 38 heavy (non-hydrogen) atoms. The van der Waals surface area contributed by atoms with Gasteiger partial charge in [-0.1, -0.05) is 18.1 Å². The lowest BCUT2D eigenvalue weighted by atomic mass is 9.77. The summed E-state index contributed by atoms with van der Waals surface area (Å²) in [5.41, 5.74) is 10.5. The molecule has 3 aliphatic heterocycles. The highest BCUT2D eigenvalue weighted by molar-refractivity contribution is 5.74. The topological polar surface area (TPSA) is 94.6 Å². The Kier molecular flexibility index (Phi) is 5.81. The molecule has 3 N–H and O–H groups in total. The number of rotatable bonds is 4. The molecule has 0 amide bonds. The lowest BCUT2D eigenvalue weighted by Gasteiger charge is -2.43. The van der Waals surface area contributed by atoms with Crippen LogP contribution >= 0.6 is 0 Å². The summed E-state index contributed by atoms with van der Waals surface area (Å²) in [5.74, 6) is 9.15. The second-order valence-electron chi connectivity index (χ2n) is 11.2. The van der Waals surface area contributed by atoms with Crippen LogP contribution in [0.2, 0.25) is 0 Å². The molecule has 2 aromatic heterocycles. The van der Waals surface area contributed by atoms with Gasteiger partial charge in [-0.25, -0.2) is 4.98 Å². The van der Waals surface area contributed by atoms with Gasteiger partial charge in [0.05, 0.1) is 17.9 Å². The third-order valence-electron chi connectivity index (χ3n) is 8.93. The molecule has 4 fully saturated rings. The molecule has 0 spiro atoms. The zero-order valence-corrected chi connectivity index (χ0v) is 21.5. The van der Waals surface area contributed by atoms with Gasteiger partial charge in [0.2, 0.25) is 0 Å². The number of pyridine rings is 1. The minimum Gasteiger partial charge on any atom is -0.507 e. The normalized spacial score (nSPS) is 26.0. The number of para-hydroxylation sites is 1. The highest BCUT2D eigenvalue weighted by atomic mass is 16.3. The van der Waals surface area contributed by atoms with Gasteiger partial charge < -0.3 is 20.6 Å². The molecule has 4 unspecified atom stereocenters. The maximum Gasteiger partial charge on any atom is 0.169 e. The number of fused-ring (bicyclic) bond motifs is 3. The number of aromatic nitrogens is 3. The summed E-state index contributed by atoms with van der Waals surface area (Å²) in [4.78, 5) is 11.9. The number of piperazine rings is 1. The first-order valence-electron chi connectivity index (χ1n) is 13.7. The van der Waals surface area contributed by atoms with E-state index < -0.39 is 0 Å². The molecule has 194 valence electrons. The summed E-state index contributed by atoms with van der Waals surface area (Å²) in [6.45, 7) is 4.98. The Balaban J connectivity index is 1.07. The van der Waals surface area contributed by atoms with Crippen molar-refractivity contribution in [2.75, 3.05) is 48.3 Å². The standard InChI is InChI=1S/C30H33N7O/c31-30-28(15-27(33-34-30)26-5-1-2-6-29(26)38)36-18-24-9-10-25(19-36)37(24)23-11-12-32-22(14-23)4-3-13-35-16-20-7-8-21(20)17-35/h1-2,5-6,11-12,14-15,20-21,24-25,38H,7-10,13,16-19H2,(H2,31,34). The lowest BCUT2D eigenvalue weighted by Crippen LogP contribution is -2.54. The molecular formula is C30H33N7O. The largest absolute Gasteiger partial charge is 0.507 e. The summed E-state index contributed by atoms with van der Waals surface area (Å²) in [7, 11) is 0. The van der Waals surface area contributed by atoms with Gasteiger partial charge in [-0.2, -0.15) is 0 Å². The quantitative estimate of drug-likeness (QED) is 0.519. The fourth-order valence-electron chi connectivity index (χ4n) is 6.86. The second kappa shape index (κ2) is 9.48. The van der Waals surface area contributed by atoms with Crippen molar-refractivity contribution in [2.45, 2.75) is 37.8 Å². The van der Waals surface area contributed by atoms with E-state index in [-0.39, 0.29) is 5.75 Å². The molecule has 2 bridgehead atoms. The number of hydrogen-bond acceptors (Lipinski definition) is 8. The highest BCUT2D eigenvalue weighted by Gasteiger charge is 2.41. The molecule has 8 nitrogen and oxygen atoms in total. The van der Waals surface area contributed by atoms with Gasteiger partial charge in [0.15, 0.2) is 5.82 Å². The van der Waals surface area contributed by atoms with E-state index in [2.05, 4.69) is 53.9 Å². The molecule has 8 heteroatoms. The summed E-state index contributed by atoms with van der Waals surface area (Å²) >= 11 is 0. The van der Waals surface area contributed by atoms with E-state index in [4.69, 9.17) is 5.73 Å². The van der Waals surface area contributed by atoms with Crippen LogP contribution in [0.15, 0.2) is 48.7 Å². The SMILES string of the molecule is Nc1nnc(-c2ccccc2O)cc1N1CC2CCC(C1)N2c1ccnc(C#CCN2CC3CCC3C2)c1. The highest BCUT2D eigenvalue weighted by Crippen LogP contribution is 2.40. The van der Waals surface area contributed by atoms with Crippen molar-refractivity contribution in [1.29, 1.82) is 0 Å². The number of aromatic hydroxyl groups is 1. The van der Waals surface area contributed by atoms with Gasteiger partial charge in [-0.05, 0) is 73.8 Å². The van der Waals surface area contributed by atoms with E-state index in [1.54, 1.807) is 12.1 Å². The third-order valence-corrected chi connectivity index (χ3v) is 8.93. The number of phenolic OH excluding ortho intramolecular Hbond substituents is 1. The summed E-state index contributed by atoms with van der Waals surface area (Å²) in [5, 5.41) is 18.8. The van der Waals surface area contributed by atoms with Crippen molar-refractivity contribution in [1.82, 2.24) is 20.1 Å². The second-order valence-corrected chi connectivity index (χ2v) is 11.2. The Morgan fingerprint density at radius 1 is 0.921 bits per heavy atom. The van der Waals surface area contributed by atoms with Gasteiger partial charge >= 0.3 is 0 Å². The van der Waals surface area contributed by atoms with Crippen LogP contribution in [-0.4, -0.2) is 70.0 Å². The van der Waals surface area contributed by atoms with E-state index >= 15 is 0 Å². The van der Waals surface area contributed by atoms with Crippen LogP contribution in [-0.2, 0) is 0 Å². The van der Waals surface area contributed by atoms with Gasteiger partial charge in [-0.15, -0.1) is 10.2 Å². The molecule has 3 saturated heterocycles. The number of anilines is 3. The van der Waals surface area contributed by atoms with Crippen molar-refractivity contribution in [2.24, 2.45) is 11.8 Å². The number of likely N-dealkylation sites (tertiary alicyclic amines) is 1. The molecule has 0 radical (unpaired) electrons. The van der Waals surface area contributed by atoms with Crippen LogP contribution in [0.5, 0.6) is 5.75 Å². The smallest absolute Gasteiger partial charge is 0.169 e. The van der Waals surface area contributed by atoms with E-state index in [1.807, 2.05) is 24.4 Å². The molecule has 1 aliphatic carbocycles. The monoisotopic (exact) mass is 507 g/mol. The zero-order chi connectivity index (χ0) is 25.6. The van der Waals surface area contributed by atoms with Crippen LogP contribution in [0.25, 0.3) is 11.3 Å². The number of nitrogens with two attached hydrogens (primary N) is 1. The number of phenols is 1. The first-order chi connectivity index (χ1) is 18.6. The number of hydrogen-bond donors (Lipinski definition) is 2. The fourth-order valence-corrected chi connectivity index (χ4v) is 6.86. The number of nitrogen functional groups attached to an aromatic ring is 1. The van der Waals surface area contributed by atoms with Crippen LogP contribution in [0.1, 0.15) is 31.4 Å². The predicted octanol–water partition coefficient (Wildman–Crippen LogP) is 3.38. The Morgan fingerprint density at radius 2 is 1.68 bits per heavy atom. The van der Waals surface area contributed by atoms with Gasteiger partial charge in [0.1, 0.15) is 11.4 Å². The Labute approximate surface area is 223 Å². The molecule has 3 aromatic rings. The van der Waals surface area contributed by atoms with Crippen molar-refractivity contribution in [3.63, 3.8) is 0 Å². The Morgan fingerprint density at radius 3 is 2.42 bits per heavy atom. The van der Waals surface area contributed by atoms with Crippen molar-refractivity contribution >= 4 is 17.2 Å². The average molecular weight is 508 g/mol. The maximum atomic E-state index is 10.3. The van der Waals surface area contributed by atoms with Crippen LogP contribution in [0, 0.1) is 23.7 Å². The molecule has 4 atom stereocenters. The van der Waals surface area contributed by atoms with E-state index in [0.29, 0.717) is 29.2 Å². The molecule has 7 rings (SSSR count). The van der Waals surface area contributed by atoms with Crippen LogP contribution in [0.3, 0.4) is 0 Å². The third kappa shape index (κ3) is 4.21. The first-order valence-corrected chi connectivity index (χ1v) is 13.7. The van der Waals surface area contributed by atoms with Gasteiger partial charge in [0, 0.05) is 55.7 Å². The Bertz CT molecular complexity index is 1390. The van der Waals surface area contributed by atoms with Gasteiger partial charge in [0.25, 0.3) is 0 Å². The lowest BCUT2D eigenvalue weighted by molar-refractivity contribution is 0.243. The van der Waals surface area contributed by atoms with Gasteiger partial charge in [-0.3, -0.25) is 4.90 Å². The fraction of sp³-hybridized carbons (Fsp3) is 0.433. The van der Waals surface area contributed by atoms with E-state index in [0.717, 1.165) is 55.7 Å². The molecule has 1 saturated carbocycles. The van der Waals surface area contributed by atoms with Crippen molar-refractivity contribution in [3.05, 3.63) is 54.4 Å². The van der Waals surface area contributed by atoms with Crippen molar-refractivity contribution in [3.8, 4) is 28.8 Å². The number of benzene rings is 1. The minimum absolute atomic E-state index is 0.187. The number of nitrogens with zero attached hydrogens (tertiary/aromatic N) is 6. The van der Waals surface area contributed by atoms with Crippen LogP contribution < -0.4 is 15.5 Å². The summed E-state index contributed by atoms with van der Waals surface area (Å²) in [6.07, 6.45) is 6.95. The minimum atomic E-state index is 0.187. The molecule has 1 aromatic carbocycles. The average Bonchev–Trinajstić information content (AvgIpc) is 3.35. The Hall–Kier alpha value is -3.83. The van der Waals surface area contributed by atoms with E-state index in [1.165, 1.54) is 31.6 Å². The van der Waals surface area contributed by atoms with Crippen molar-refractivity contribution < 1.29 is 5.11 Å². The predicted molar refractivity (Wildman–Crippen MR) is 149 cm³/mol. The molecule has 5 heterocycles. The summed E-state index contributed by atoms with van der Waals surface area (Å²) < 4.78 is 0.